The first kappa shape index (κ1) is 18.5. The number of hydrogen-bond acceptors (Lipinski definition) is 3. The molecular weight excluding hydrogens is 316 g/mol. The zero-order valence-electron chi connectivity index (χ0n) is 14.9. The van der Waals surface area contributed by atoms with E-state index >= 15 is 0 Å². The molecule has 2 aromatic rings. The van der Waals surface area contributed by atoms with Crippen LogP contribution in [0.5, 0.6) is 5.75 Å². The van der Waals surface area contributed by atoms with Crippen LogP contribution in [-0.4, -0.2) is 25.5 Å². The van der Waals surface area contributed by atoms with Crippen LogP contribution in [0.1, 0.15) is 25.8 Å². The number of hydrogen-bond donors (Lipinski definition) is 1. The van der Waals surface area contributed by atoms with E-state index in [-0.39, 0.29) is 18.2 Å². The second-order valence-electron chi connectivity index (χ2n) is 5.68. The Morgan fingerprint density at radius 2 is 1.76 bits per heavy atom. The summed E-state index contributed by atoms with van der Waals surface area (Å²) in [5.41, 5.74) is 2.67. The fraction of sp³-hybridized carbons (Fsp3) is 0.300. The number of nitrogens with zero attached hydrogens (tertiary/aromatic N) is 1. The summed E-state index contributed by atoms with van der Waals surface area (Å²) in [5.74, 6) is 0.508. The number of carbonyl (C=O) groups excluding carboxylic acids is 2. The van der Waals surface area contributed by atoms with Crippen LogP contribution in [0.15, 0.2) is 48.5 Å². The molecule has 0 aliphatic heterocycles. The SMILES string of the molecule is CCc1ccccc1NC(=O)CCN(C(C)=O)c1ccc(OC)cc1. The van der Waals surface area contributed by atoms with Gasteiger partial charge in [-0.1, -0.05) is 25.1 Å². The molecule has 132 valence electrons. The molecule has 0 aliphatic carbocycles. The predicted molar refractivity (Wildman–Crippen MR) is 100 cm³/mol. The first-order valence-corrected chi connectivity index (χ1v) is 8.35. The highest BCUT2D eigenvalue weighted by molar-refractivity contribution is 5.95. The van der Waals surface area contributed by atoms with Gasteiger partial charge < -0.3 is 15.0 Å². The van der Waals surface area contributed by atoms with E-state index in [0.29, 0.717) is 6.54 Å². The van der Waals surface area contributed by atoms with Gasteiger partial charge in [-0.05, 0) is 42.3 Å². The molecule has 0 saturated heterocycles. The molecule has 2 rings (SSSR count). The number of carbonyl (C=O) groups is 2. The molecule has 25 heavy (non-hydrogen) atoms. The van der Waals surface area contributed by atoms with Crippen LogP contribution >= 0.6 is 0 Å². The van der Waals surface area contributed by atoms with Gasteiger partial charge in [0.05, 0.1) is 7.11 Å². The summed E-state index contributed by atoms with van der Waals surface area (Å²) in [6.07, 6.45) is 1.07. The van der Waals surface area contributed by atoms with Crippen molar-refractivity contribution in [2.24, 2.45) is 0 Å². The molecule has 0 aromatic heterocycles. The normalized spacial score (nSPS) is 10.2. The monoisotopic (exact) mass is 340 g/mol. The number of benzene rings is 2. The van der Waals surface area contributed by atoms with Gasteiger partial charge in [0.15, 0.2) is 0 Å². The van der Waals surface area contributed by atoms with Crippen LogP contribution < -0.4 is 15.0 Å². The van der Waals surface area contributed by atoms with E-state index in [0.717, 1.165) is 29.1 Å². The molecule has 2 amide bonds. The smallest absolute Gasteiger partial charge is 0.226 e. The van der Waals surface area contributed by atoms with Crippen molar-refractivity contribution in [3.63, 3.8) is 0 Å². The molecule has 0 bridgehead atoms. The van der Waals surface area contributed by atoms with Crippen LogP contribution in [0, 0.1) is 0 Å². The van der Waals surface area contributed by atoms with Gasteiger partial charge in [0, 0.05) is 31.3 Å². The van der Waals surface area contributed by atoms with E-state index in [2.05, 4.69) is 5.32 Å². The van der Waals surface area contributed by atoms with Crippen LogP contribution in [0.3, 0.4) is 0 Å². The Morgan fingerprint density at radius 3 is 2.36 bits per heavy atom. The Morgan fingerprint density at radius 1 is 1.08 bits per heavy atom. The number of aryl methyl sites for hydroxylation is 1. The number of methoxy groups -OCH3 is 1. The summed E-state index contributed by atoms with van der Waals surface area (Å²) in [6.45, 7) is 3.86. The van der Waals surface area contributed by atoms with Gasteiger partial charge in [-0.25, -0.2) is 0 Å². The van der Waals surface area contributed by atoms with Crippen LogP contribution in [-0.2, 0) is 16.0 Å². The maximum Gasteiger partial charge on any atom is 0.226 e. The zero-order valence-corrected chi connectivity index (χ0v) is 14.9. The van der Waals surface area contributed by atoms with E-state index in [1.165, 1.54) is 6.92 Å². The summed E-state index contributed by atoms with van der Waals surface area (Å²) >= 11 is 0. The summed E-state index contributed by atoms with van der Waals surface area (Å²) < 4.78 is 5.13. The van der Waals surface area contributed by atoms with Crippen LogP contribution in [0.25, 0.3) is 0 Å². The number of nitrogens with one attached hydrogen (secondary N) is 1. The van der Waals surface area contributed by atoms with Crippen molar-refractivity contribution in [2.45, 2.75) is 26.7 Å². The predicted octanol–water partition coefficient (Wildman–Crippen LogP) is 3.64. The highest BCUT2D eigenvalue weighted by Crippen LogP contribution is 2.20. The van der Waals surface area contributed by atoms with Gasteiger partial charge in [0.1, 0.15) is 5.75 Å². The van der Waals surface area contributed by atoms with E-state index in [1.54, 1.807) is 24.1 Å². The van der Waals surface area contributed by atoms with Crippen molar-refractivity contribution in [1.29, 1.82) is 0 Å². The van der Waals surface area contributed by atoms with Crippen molar-refractivity contribution in [3.8, 4) is 5.75 Å². The molecule has 1 N–H and O–H groups in total. The molecule has 0 unspecified atom stereocenters. The third-order valence-electron chi connectivity index (χ3n) is 4.00. The van der Waals surface area contributed by atoms with E-state index < -0.39 is 0 Å². The van der Waals surface area contributed by atoms with Gasteiger partial charge >= 0.3 is 0 Å². The molecule has 0 spiro atoms. The minimum absolute atomic E-state index is 0.105. The van der Waals surface area contributed by atoms with E-state index in [1.807, 2.05) is 43.3 Å². The van der Waals surface area contributed by atoms with Crippen LogP contribution in [0.2, 0.25) is 0 Å². The van der Waals surface area contributed by atoms with E-state index in [9.17, 15) is 9.59 Å². The third kappa shape index (κ3) is 5.08. The van der Waals surface area contributed by atoms with Crippen LogP contribution in [0.4, 0.5) is 11.4 Å². The fourth-order valence-corrected chi connectivity index (χ4v) is 2.61. The Labute approximate surface area is 148 Å². The summed E-state index contributed by atoms with van der Waals surface area (Å²) in [5, 5.41) is 2.93. The molecule has 2 aromatic carbocycles. The lowest BCUT2D eigenvalue weighted by atomic mass is 10.1. The fourth-order valence-electron chi connectivity index (χ4n) is 2.61. The molecule has 0 fully saturated rings. The molecule has 0 aliphatic rings. The molecule has 0 saturated carbocycles. The lowest BCUT2D eigenvalue weighted by Gasteiger charge is -2.21. The topological polar surface area (TPSA) is 58.6 Å². The highest BCUT2D eigenvalue weighted by Gasteiger charge is 2.14. The molecule has 0 radical (unpaired) electrons. The quantitative estimate of drug-likeness (QED) is 0.837. The van der Waals surface area contributed by atoms with Gasteiger partial charge in [-0.3, -0.25) is 9.59 Å². The molecule has 0 heterocycles. The van der Waals surface area contributed by atoms with Gasteiger partial charge in [0.25, 0.3) is 0 Å². The first-order chi connectivity index (χ1) is 12.0. The molecule has 5 heteroatoms. The largest absolute Gasteiger partial charge is 0.497 e. The lowest BCUT2D eigenvalue weighted by Crippen LogP contribution is -2.32. The Bertz CT molecular complexity index is 726. The number of para-hydroxylation sites is 1. The van der Waals surface area contributed by atoms with Crippen molar-refractivity contribution in [1.82, 2.24) is 0 Å². The Hall–Kier alpha value is -2.82. The lowest BCUT2D eigenvalue weighted by molar-refractivity contribution is -0.117. The van der Waals surface area contributed by atoms with Crippen molar-refractivity contribution >= 4 is 23.2 Å². The minimum atomic E-state index is -0.110. The number of amides is 2. The summed E-state index contributed by atoms with van der Waals surface area (Å²) in [6, 6.07) is 14.9. The summed E-state index contributed by atoms with van der Waals surface area (Å²) in [4.78, 5) is 25.8. The maximum atomic E-state index is 12.3. The van der Waals surface area contributed by atoms with Gasteiger partial charge in [-0.2, -0.15) is 0 Å². The van der Waals surface area contributed by atoms with Crippen molar-refractivity contribution < 1.29 is 14.3 Å². The zero-order chi connectivity index (χ0) is 18.2. The second kappa shape index (κ2) is 8.87. The van der Waals surface area contributed by atoms with Crippen molar-refractivity contribution in [2.75, 3.05) is 23.9 Å². The van der Waals surface area contributed by atoms with E-state index in [4.69, 9.17) is 4.74 Å². The Kier molecular flexibility index (Phi) is 6.57. The average Bonchev–Trinajstić information content (AvgIpc) is 2.62. The average molecular weight is 340 g/mol. The standard InChI is InChI=1S/C20H24N2O3/c1-4-16-7-5-6-8-19(16)21-20(24)13-14-22(15(2)23)17-9-11-18(25-3)12-10-17/h5-12H,4,13-14H2,1-3H3,(H,21,24). The molecule has 5 nitrogen and oxygen atoms in total. The summed E-state index contributed by atoms with van der Waals surface area (Å²) in [7, 11) is 1.59. The minimum Gasteiger partial charge on any atom is -0.497 e. The first-order valence-electron chi connectivity index (χ1n) is 8.35. The number of anilines is 2. The third-order valence-corrected chi connectivity index (χ3v) is 4.00. The second-order valence-corrected chi connectivity index (χ2v) is 5.68. The maximum absolute atomic E-state index is 12.3. The number of rotatable bonds is 7. The van der Waals surface area contributed by atoms with Crippen molar-refractivity contribution in [3.05, 3.63) is 54.1 Å². The Balaban J connectivity index is 2.00. The molecular formula is C20H24N2O3. The molecule has 0 atom stereocenters. The number of ether oxygens (including phenoxy) is 1. The highest BCUT2D eigenvalue weighted by atomic mass is 16.5. The van der Waals surface area contributed by atoms with Gasteiger partial charge in [0.2, 0.25) is 11.8 Å². The van der Waals surface area contributed by atoms with Gasteiger partial charge in [-0.15, -0.1) is 0 Å².